The summed E-state index contributed by atoms with van der Waals surface area (Å²) in [6.07, 6.45) is 0. The van der Waals surface area contributed by atoms with Gasteiger partial charge in [0.15, 0.2) is 11.5 Å². The van der Waals surface area contributed by atoms with Crippen molar-refractivity contribution in [2.45, 2.75) is 13.0 Å². The maximum absolute atomic E-state index is 11.8. The van der Waals surface area contributed by atoms with Crippen molar-refractivity contribution in [3.8, 4) is 11.5 Å². The Bertz CT molecular complexity index is 558. The van der Waals surface area contributed by atoms with E-state index in [2.05, 4.69) is 4.72 Å². The van der Waals surface area contributed by atoms with Gasteiger partial charge >= 0.3 is 0 Å². The molecule has 0 aliphatic carbocycles. The number of hydrogen-bond donors (Lipinski definition) is 1. The smallest absolute Gasteiger partial charge is 0.214 e. The molecule has 0 saturated heterocycles. The fraction of sp³-hybridized carbons (Fsp3) is 0.538. The molecule has 2 rings (SSSR count). The van der Waals surface area contributed by atoms with Crippen LogP contribution in [0.15, 0.2) is 18.2 Å². The summed E-state index contributed by atoms with van der Waals surface area (Å²) in [4.78, 5) is 0. The van der Waals surface area contributed by atoms with Crippen LogP contribution in [-0.4, -0.2) is 41.1 Å². The van der Waals surface area contributed by atoms with Gasteiger partial charge in [-0.3, -0.25) is 0 Å². The Morgan fingerprint density at radius 2 is 2.00 bits per heavy atom. The van der Waals surface area contributed by atoms with Gasteiger partial charge in [-0.15, -0.1) is 0 Å². The predicted octanol–water partition coefficient (Wildman–Crippen LogP) is 1.08. The maximum Gasteiger partial charge on any atom is 0.214 e. The van der Waals surface area contributed by atoms with E-state index in [0.29, 0.717) is 24.7 Å². The third-order valence-corrected chi connectivity index (χ3v) is 4.40. The first kappa shape index (κ1) is 15.1. The molecular formula is C13H19NO5S. The van der Waals surface area contributed by atoms with Crippen LogP contribution in [0.4, 0.5) is 0 Å². The molecule has 0 bridgehead atoms. The molecule has 1 unspecified atom stereocenters. The third-order valence-electron chi connectivity index (χ3n) is 2.98. The standard InChI is InChI=1S/C13H19NO5S/c1-10(14-20(15,16)8-7-17-2)11-3-4-12-13(9-11)19-6-5-18-12/h3-4,9-10,14H,5-8H2,1-2H3. The summed E-state index contributed by atoms with van der Waals surface area (Å²) >= 11 is 0. The van der Waals surface area contributed by atoms with Gasteiger partial charge in [-0.25, -0.2) is 13.1 Å². The third kappa shape index (κ3) is 3.84. The fourth-order valence-electron chi connectivity index (χ4n) is 1.92. The van der Waals surface area contributed by atoms with Crippen LogP contribution in [0, 0.1) is 0 Å². The van der Waals surface area contributed by atoms with Gasteiger partial charge < -0.3 is 14.2 Å². The summed E-state index contributed by atoms with van der Waals surface area (Å²) in [5, 5.41) is 0. The monoisotopic (exact) mass is 301 g/mol. The lowest BCUT2D eigenvalue weighted by Crippen LogP contribution is -2.30. The summed E-state index contributed by atoms with van der Waals surface area (Å²) in [5.74, 6) is 1.28. The first-order valence-electron chi connectivity index (χ1n) is 6.40. The highest BCUT2D eigenvalue weighted by Crippen LogP contribution is 2.32. The molecule has 0 amide bonds. The lowest BCUT2D eigenvalue weighted by molar-refractivity contribution is 0.171. The minimum atomic E-state index is -3.36. The second kappa shape index (κ2) is 6.43. The van der Waals surface area contributed by atoms with E-state index in [9.17, 15) is 8.42 Å². The molecule has 1 heterocycles. The molecule has 0 fully saturated rings. The summed E-state index contributed by atoms with van der Waals surface area (Å²) in [6, 6.07) is 5.09. The summed E-state index contributed by atoms with van der Waals surface area (Å²) in [7, 11) is -1.89. The second-order valence-corrected chi connectivity index (χ2v) is 6.43. The van der Waals surface area contributed by atoms with Gasteiger partial charge in [0.2, 0.25) is 10.0 Å². The van der Waals surface area contributed by atoms with Crippen LogP contribution >= 0.6 is 0 Å². The molecule has 112 valence electrons. The Balaban J connectivity index is 2.07. The van der Waals surface area contributed by atoms with Gasteiger partial charge in [-0.05, 0) is 24.6 Å². The fourth-order valence-corrected chi connectivity index (χ4v) is 3.10. The Morgan fingerprint density at radius 3 is 2.70 bits per heavy atom. The Labute approximate surface area is 119 Å². The molecule has 1 aliphatic heterocycles. The SMILES string of the molecule is COCCS(=O)(=O)NC(C)c1ccc2c(c1)OCCO2. The molecule has 1 aromatic rings. The highest BCUT2D eigenvalue weighted by Gasteiger charge is 2.18. The number of sulfonamides is 1. The van der Waals surface area contributed by atoms with Crippen molar-refractivity contribution >= 4 is 10.0 Å². The summed E-state index contributed by atoms with van der Waals surface area (Å²) in [6.45, 7) is 2.99. The average molecular weight is 301 g/mol. The zero-order chi connectivity index (χ0) is 14.6. The molecule has 1 atom stereocenters. The zero-order valence-electron chi connectivity index (χ0n) is 11.6. The molecular weight excluding hydrogens is 282 g/mol. The molecule has 0 aromatic heterocycles. The minimum absolute atomic E-state index is 0.0572. The Morgan fingerprint density at radius 1 is 1.30 bits per heavy atom. The van der Waals surface area contributed by atoms with Crippen LogP contribution in [0.1, 0.15) is 18.5 Å². The van der Waals surface area contributed by atoms with Gasteiger partial charge in [0.05, 0.1) is 12.4 Å². The Kier molecular flexibility index (Phi) is 4.85. The lowest BCUT2D eigenvalue weighted by Gasteiger charge is -2.21. The topological polar surface area (TPSA) is 73.9 Å². The van der Waals surface area contributed by atoms with Crippen molar-refractivity contribution in [2.24, 2.45) is 0 Å². The summed E-state index contributed by atoms with van der Waals surface area (Å²) in [5.41, 5.74) is 0.829. The first-order chi connectivity index (χ1) is 9.52. The van der Waals surface area contributed by atoms with Crippen LogP contribution < -0.4 is 14.2 Å². The molecule has 7 heteroatoms. The van der Waals surface area contributed by atoms with Crippen LogP contribution in [-0.2, 0) is 14.8 Å². The van der Waals surface area contributed by atoms with Crippen molar-refractivity contribution in [1.82, 2.24) is 4.72 Å². The minimum Gasteiger partial charge on any atom is -0.486 e. The van der Waals surface area contributed by atoms with Crippen molar-refractivity contribution < 1.29 is 22.6 Å². The number of ether oxygens (including phenoxy) is 3. The van der Waals surface area contributed by atoms with E-state index in [1.807, 2.05) is 6.07 Å². The number of hydrogen-bond acceptors (Lipinski definition) is 5. The second-order valence-electron chi connectivity index (χ2n) is 4.55. The van der Waals surface area contributed by atoms with E-state index >= 15 is 0 Å². The average Bonchev–Trinajstić information content (AvgIpc) is 2.44. The Hall–Kier alpha value is -1.31. The number of rotatable bonds is 6. The number of fused-ring (bicyclic) bond motifs is 1. The van der Waals surface area contributed by atoms with Gasteiger partial charge in [-0.1, -0.05) is 6.07 Å². The van der Waals surface area contributed by atoms with Gasteiger partial charge in [0.1, 0.15) is 13.2 Å². The van der Waals surface area contributed by atoms with E-state index in [0.717, 1.165) is 5.56 Å². The van der Waals surface area contributed by atoms with Crippen molar-refractivity contribution in [3.63, 3.8) is 0 Å². The zero-order valence-corrected chi connectivity index (χ0v) is 12.4. The van der Waals surface area contributed by atoms with Crippen LogP contribution in [0.5, 0.6) is 11.5 Å². The van der Waals surface area contributed by atoms with Gasteiger partial charge in [-0.2, -0.15) is 0 Å². The highest BCUT2D eigenvalue weighted by atomic mass is 32.2. The van der Waals surface area contributed by atoms with E-state index in [-0.39, 0.29) is 18.4 Å². The normalized spacial score (nSPS) is 15.9. The van der Waals surface area contributed by atoms with Gasteiger partial charge in [0.25, 0.3) is 0 Å². The number of benzene rings is 1. The molecule has 1 aromatic carbocycles. The van der Waals surface area contributed by atoms with Crippen LogP contribution in [0.3, 0.4) is 0 Å². The number of nitrogens with one attached hydrogen (secondary N) is 1. The summed E-state index contributed by atoms with van der Waals surface area (Å²) < 4.78 is 41.9. The van der Waals surface area contributed by atoms with Crippen molar-refractivity contribution in [3.05, 3.63) is 23.8 Å². The molecule has 1 N–H and O–H groups in total. The molecule has 1 aliphatic rings. The van der Waals surface area contributed by atoms with E-state index in [1.165, 1.54) is 7.11 Å². The van der Waals surface area contributed by atoms with Crippen molar-refractivity contribution in [1.29, 1.82) is 0 Å². The maximum atomic E-state index is 11.8. The van der Waals surface area contributed by atoms with Crippen LogP contribution in [0.25, 0.3) is 0 Å². The van der Waals surface area contributed by atoms with E-state index in [4.69, 9.17) is 14.2 Å². The molecule has 0 spiro atoms. The molecule has 6 nitrogen and oxygen atoms in total. The highest BCUT2D eigenvalue weighted by molar-refractivity contribution is 7.89. The largest absolute Gasteiger partial charge is 0.486 e. The number of methoxy groups -OCH3 is 1. The first-order valence-corrected chi connectivity index (χ1v) is 8.05. The quantitative estimate of drug-likeness (QED) is 0.851. The van der Waals surface area contributed by atoms with E-state index < -0.39 is 10.0 Å². The predicted molar refractivity (Wildman–Crippen MR) is 74.6 cm³/mol. The van der Waals surface area contributed by atoms with Crippen LogP contribution in [0.2, 0.25) is 0 Å². The molecule has 0 radical (unpaired) electrons. The van der Waals surface area contributed by atoms with Crippen molar-refractivity contribution in [2.75, 3.05) is 32.7 Å². The lowest BCUT2D eigenvalue weighted by atomic mass is 10.1. The van der Waals surface area contributed by atoms with Gasteiger partial charge in [0, 0.05) is 13.2 Å². The molecule has 0 saturated carbocycles. The van der Waals surface area contributed by atoms with E-state index in [1.54, 1.807) is 19.1 Å². The molecule has 20 heavy (non-hydrogen) atoms.